The minimum absolute atomic E-state index is 0.706. The van der Waals surface area contributed by atoms with Gasteiger partial charge in [-0.05, 0) is 30.7 Å². The first-order valence-electron chi connectivity index (χ1n) is 11.5. The summed E-state index contributed by atoms with van der Waals surface area (Å²) < 4.78 is 31.0. The number of hydrogen-bond donors (Lipinski definition) is 0. The molecule has 0 aromatic rings. The van der Waals surface area contributed by atoms with E-state index in [1.807, 2.05) is 0 Å². The number of unbranched alkanes of at least 4 members (excludes halogenated alkanes) is 15. The lowest BCUT2D eigenvalue weighted by molar-refractivity contribution is 0.314. The molecule has 0 aliphatic carbocycles. The Labute approximate surface area is 179 Å². The molecule has 0 spiro atoms. The Hall–Kier alpha value is 0.220. The highest BCUT2D eigenvalue weighted by molar-refractivity contribution is 7.96. The van der Waals surface area contributed by atoms with Crippen molar-refractivity contribution in [2.24, 2.45) is 0 Å². The fraction of sp³-hybridized carbons (Fsp3) is 1.00. The van der Waals surface area contributed by atoms with Gasteiger partial charge in [-0.1, -0.05) is 96.8 Å². The Morgan fingerprint density at radius 2 is 0.964 bits per heavy atom. The minimum Gasteiger partial charge on any atom is -0.726 e. The first kappa shape index (κ1) is 30.4. The lowest BCUT2D eigenvalue weighted by Gasteiger charge is -2.03. The van der Waals surface area contributed by atoms with Gasteiger partial charge in [0.05, 0.1) is 13.4 Å². The molecular formula is C22H48O4S2. The second-order valence-corrected chi connectivity index (χ2v) is 11.4. The molecule has 0 rings (SSSR count). The maximum absolute atomic E-state index is 9.22. The van der Waals surface area contributed by atoms with Crippen LogP contribution < -0.4 is 0 Å². The van der Waals surface area contributed by atoms with Crippen LogP contribution in [-0.2, 0) is 25.5 Å². The Bertz CT molecular complexity index is 386. The maximum Gasteiger partial charge on any atom is 0.217 e. The van der Waals surface area contributed by atoms with Crippen LogP contribution in [0, 0.1) is 0 Å². The van der Waals surface area contributed by atoms with Crippen LogP contribution in [0.2, 0.25) is 0 Å². The summed E-state index contributed by atoms with van der Waals surface area (Å²) >= 11 is 0. The van der Waals surface area contributed by atoms with Crippen LogP contribution in [0.15, 0.2) is 0 Å². The number of hydrogen-bond acceptors (Lipinski definition) is 4. The molecule has 0 fully saturated rings. The molecule has 1 atom stereocenters. The lowest BCUT2D eigenvalue weighted by atomic mass is 10.0. The van der Waals surface area contributed by atoms with E-state index in [2.05, 4.69) is 24.3 Å². The molecule has 1 unspecified atom stereocenters. The molecule has 172 valence electrons. The topological polar surface area (TPSA) is 66.4 Å². The Morgan fingerprint density at radius 3 is 1.21 bits per heavy atom. The third-order valence-electron chi connectivity index (χ3n) is 5.04. The van der Waals surface area contributed by atoms with Gasteiger partial charge in [0.1, 0.15) is 11.5 Å². The van der Waals surface area contributed by atoms with Gasteiger partial charge in [0.2, 0.25) is 10.4 Å². The van der Waals surface area contributed by atoms with Gasteiger partial charge < -0.3 is 4.55 Å². The van der Waals surface area contributed by atoms with Gasteiger partial charge in [-0.3, -0.25) is 4.18 Å². The quantitative estimate of drug-likeness (QED) is 0.0981. The summed E-state index contributed by atoms with van der Waals surface area (Å²) in [5.74, 6) is 2.87. The van der Waals surface area contributed by atoms with Crippen molar-refractivity contribution in [2.45, 2.75) is 117 Å². The normalized spacial score (nSPS) is 12.5. The monoisotopic (exact) mass is 440 g/mol. The summed E-state index contributed by atoms with van der Waals surface area (Å²) in [6.07, 6.45) is 26.0. The van der Waals surface area contributed by atoms with Crippen molar-refractivity contribution in [3.8, 4) is 0 Å². The van der Waals surface area contributed by atoms with Crippen molar-refractivity contribution in [3.63, 3.8) is 0 Å². The Kier molecular flexibility index (Phi) is 25.5. The van der Waals surface area contributed by atoms with Gasteiger partial charge in [0, 0.05) is 0 Å². The molecule has 6 heteroatoms. The highest BCUT2D eigenvalue weighted by Gasteiger charge is 2.05. The largest absolute Gasteiger partial charge is 0.726 e. The van der Waals surface area contributed by atoms with Crippen LogP contribution in [0.25, 0.3) is 0 Å². The van der Waals surface area contributed by atoms with Gasteiger partial charge in [0.15, 0.2) is 0 Å². The third-order valence-corrected chi connectivity index (χ3v) is 7.42. The fourth-order valence-electron chi connectivity index (χ4n) is 3.04. The molecule has 0 aromatic carbocycles. The second-order valence-electron chi connectivity index (χ2n) is 7.65. The Morgan fingerprint density at radius 1 is 0.679 bits per heavy atom. The smallest absolute Gasteiger partial charge is 0.217 e. The van der Waals surface area contributed by atoms with Crippen LogP contribution in [0.3, 0.4) is 0 Å². The van der Waals surface area contributed by atoms with Crippen molar-refractivity contribution in [3.05, 3.63) is 0 Å². The Balaban J connectivity index is 0. The molecule has 0 radical (unpaired) electrons. The summed E-state index contributed by atoms with van der Waals surface area (Å²) in [4.78, 5) is 0. The minimum atomic E-state index is -4.41. The van der Waals surface area contributed by atoms with E-state index in [1.54, 1.807) is 0 Å². The summed E-state index contributed by atoms with van der Waals surface area (Å²) in [6, 6.07) is 0. The van der Waals surface area contributed by atoms with Gasteiger partial charge in [-0.2, -0.15) is 0 Å². The highest BCUT2D eigenvalue weighted by Crippen LogP contribution is 2.13. The van der Waals surface area contributed by atoms with E-state index in [9.17, 15) is 13.0 Å². The van der Waals surface area contributed by atoms with E-state index < -0.39 is 10.4 Å². The van der Waals surface area contributed by atoms with Crippen molar-refractivity contribution >= 4 is 21.3 Å². The van der Waals surface area contributed by atoms with E-state index in [-0.39, 0.29) is 0 Å². The molecule has 0 saturated heterocycles. The summed E-state index contributed by atoms with van der Waals surface area (Å²) in [7, 11) is -2.90. The predicted molar refractivity (Wildman–Crippen MR) is 125 cm³/mol. The van der Waals surface area contributed by atoms with E-state index in [4.69, 9.17) is 0 Å². The summed E-state index contributed by atoms with van der Waals surface area (Å²) in [5.41, 5.74) is 0. The van der Waals surface area contributed by atoms with Crippen molar-refractivity contribution in [1.29, 1.82) is 0 Å². The third kappa shape index (κ3) is 30.9. The lowest BCUT2D eigenvalue weighted by Crippen LogP contribution is -2.06. The van der Waals surface area contributed by atoms with Crippen LogP contribution >= 0.6 is 0 Å². The van der Waals surface area contributed by atoms with E-state index >= 15 is 0 Å². The molecule has 0 bridgehead atoms. The van der Waals surface area contributed by atoms with E-state index in [0.29, 0.717) is 10.9 Å². The van der Waals surface area contributed by atoms with Gasteiger partial charge in [-0.15, -0.1) is 0 Å². The second kappa shape index (κ2) is 23.5. The fourth-order valence-corrected chi connectivity index (χ4v) is 4.03. The molecule has 0 aliphatic rings. The van der Waals surface area contributed by atoms with Crippen LogP contribution in [0.5, 0.6) is 0 Å². The molecule has 0 saturated carbocycles. The predicted octanol–water partition coefficient (Wildman–Crippen LogP) is 6.61. The first-order valence-corrected chi connectivity index (χ1v) is 14.8. The zero-order chi connectivity index (χ0) is 21.5. The molecule has 28 heavy (non-hydrogen) atoms. The van der Waals surface area contributed by atoms with Crippen molar-refractivity contribution < 1.29 is 17.2 Å². The van der Waals surface area contributed by atoms with Crippen LogP contribution in [0.4, 0.5) is 0 Å². The molecule has 0 heterocycles. The summed E-state index contributed by atoms with van der Waals surface area (Å²) in [6.45, 7) is 4.63. The van der Waals surface area contributed by atoms with E-state index in [1.165, 1.54) is 114 Å². The SMILES string of the molecule is CCCCCCCCCCCCCCCCCC[S+](C)CC.COS(=O)(=O)[O-]. The molecule has 0 N–H and O–H groups in total. The van der Waals surface area contributed by atoms with E-state index in [0.717, 1.165) is 7.11 Å². The molecule has 0 amide bonds. The average molecular weight is 441 g/mol. The van der Waals surface area contributed by atoms with Crippen LogP contribution in [-0.4, -0.2) is 37.8 Å². The molecular weight excluding hydrogens is 392 g/mol. The maximum atomic E-state index is 9.22. The first-order chi connectivity index (χ1) is 13.4. The summed E-state index contributed by atoms with van der Waals surface area (Å²) in [5, 5.41) is 0. The standard InChI is InChI=1S/C21H45S.CH4O4S/c1-4-6-7-8-9-10-11-12-13-14-15-16-17-18-19-20-21-22(3)5-2;1-5-6(2,3)4/h4-21H2,1-3H3;1H3,(H,2,3,4)/q+1;/p-1. The van der Waals surface area contributed by atoms with Crippen LogP contribution in [0.1, 0.15) is 117 Å². The van der Waals surface area contributed by atoms with Gasteiger partial charge in [0.25, 0.3) is 0 Å². The molecule has 4 nitrogen and oxygen atoms in total. The number of rotatable bonds is 19. The van der Waals surface area contributed by atoms with Gasteiger partial charge >= 0.3 is 0 Å². The van der Waals surface area contributed by atoms with Gasteiger partial charge in [-0.25, -0.2) is 8.42 Å². The van der Waals surface area contributed by atoms with Crippen molar-refractivity contribution in [2.75, 3.05) is 24.9 Å². The average Bonchev–Trinajstić information content (AvgIpc) is 2.67. The zero-order valence-electron chi connectivity index (χ0n) is 19.2. The molecule has 0 aromatic heterocycles. The zero-order valence-corrected chi connectivity index (χ0v) is 20.8. The van der Waals surface area contributed by atoms with Crippen molar-refractivity contribution in [1.82, 2.24) is 0 Å². The highest BCUT2D eigenvalue weighted by atomic mass is 32.3. The molecule has 0 aliphatic heterocycles.